The Morgan fingerprint density at radius 2 is 1.51 bits per heavy atom. The minimum absolute atomic E-state index is 0.0125. The summed E-state index contributed by atoms with van der Waals surface area (Å²) in [6, 6.07) is 18.1. The number of aliphatic carboxylic acids is 1. The molecule has 0 saturated heterocycles. The number of fused-ring (bicyclic) bond motifs is 1. The van der Waals surface area contributed by atoms with Gasteiger partial charge >= 0.3 is 12.1 Å². The predicted molar refractivity (Wildman–Crippen MR) is 141 cm³/mol. The summed E-state index contributed by atoms with van der Waals surface area (Å²) in [5.41, 5.74) is 10.0. The van der Waals surface area contributed by atoms with Crippen LogP contribution in [-0.4, -0.2) is 39.9 Å². The number of nitrogens with zero attached hydrogens (tertiary/aromatic N) is 1. The van der Waals surface area contributed by atoms with Crippen molar-refractivity contribution < 1.29 is 32.7 Å². The maximum absolute atomic E-state index is 12.9. The molecule has 2 aromatic rings. The van der Waals surface area contributed by atoms with Crippen molar-refractivity contribution >= 4 is 17.7 Å². The summed E-state index contributed by atoms with van der Waals surface area (Å²) in [5, 5.41) is 7.12. The first kappa shape index (κ1) is 30.1. The van der Waals surface area contributed by atoms with Gasteiger partial charge in [0.05, 0.1) is 6.04 Å². The molecule has 0 unspecified atom stereocenters. The zero-order chi connectivity index (χ0) is 28.4. The van der Waals surface area contributed by atoms with Crippen LogP contribution >= 0.6 is 0 Å². The molecule has 39 heavy (non-hydrogen) atoms. The molecule has 6 nitrogen and oxygen atoms in total. The second kappa shape index (κ2) is 14.1. The molecule has 2 aliphatic rings. The van der Waals surface area contributed by atoms with Crippen molar-refractivity contribution in [1.29, 1.82) is 0 Å². The van der Waals surface area contributed by atoms with Gasteiger partial charge in [-0.05, 0) is 60.3 Å². The number of Topliss-reactive ketones (excluding diaryl/α,β-unsaturated/α-hetero) is 1. The third-order valence-electron chi connectivity index (χ3n) is 7.30. The maximum Gasteiger partial charge on any atom is 0.490 e. The van der Waals surface area contributed by atoms with E-state index in [1.807, 2.05) is 41.3 Å². The summed E-state index contributed by atoms with van der Waals surface area (Å²) in [4.78, 5) is 36.6. The highest BCUT2D eigenvalue weighted by molar-refractivity contribution is 5.88. The largest absolute Gasteiger partial charge is 0.490 e. The lowest BCUT2D eigenvalue weighted by Gasteiger charge is -2.20. The predicted octanol–water partition coefficient (Wildman–Crippen LogP) is 5.44. The Balaban J connectivity index is 0.000000532. The SMILES string of the molecule is N[C@H](C(=O)C[C@H](/C=C/C(=O)N1Cc2ccccc2C1)CCc1ccccc1)C1CCCC1.O=C(O)C(F)(F)F. The lowest BCUT2D eigenvalue weighted by molar-refractivity contribution is -0.192. The van der Waals surface area contributed by atoms with Crippen LogP contribution in [0.2, 0.25) is 0 Å². The number of alkyl halides is 3. The lowest BCUT2D eigenvalue weighted by atomic mass is 9.87. The Bertz CT molecular complexity index is 1120. The van der Waals surface area contributed by atoms with Gasteiger partial charge in [-0.2, -0.15) is 13.2 Å². The lowest BCUT2D eigenvalue weighted by Crippen LogP contribution is -2.37. The topological polar surface area (TPSA) is 101 Å². The Kier molecular flexibility index (Phi) is 10.9. The van der Waals surface area contributed by atoms with E-state index < -0.39 is 12.1 Å². The van der Waals surface area contributed by atoms with Crippen molar-refractivity contribution in [3.63, 3.8) is 0 Å². The molecule has 1 amide bonds. The molecule has 1 saturated carbocycles. The average Bonchev–Trinajstić information content (AvgIpc) is 3.60. The number of carboxylic acid groups (broad SMARTS) is 1. The minimum Gasteiger partial charge on any atom is -0.475 e. The summed E-state index contributed by atoms with van der Waals surface area (Å²) >= 11 is 0. The highest BCUT2D eigenvalue weighted by Crippen LogP contribution is 2.29. The van der Waals surface area contributed by atoms with E-state index in [-0.39, 0.29) is 23.7 Å². The maximum atomic E-state index is 12.9. The van der Waals surface area contributed by atoms with Gasteiger partial charge < -0.3 is 15.7 Å². The summed E-state index contributed by atoms with van der Waals surface area (Å²) in [5.74, 6) is -2.26. The average molecular weight is 545 g/mol. The molecular weight excluding hydrogens is 509 g/mol. The van der Waals surface area contributed by atoms with E-state index in [9.17, 15) is 22.8 Å². The number of ketones is 1. The van der Waals surface area contributed by atoms with E-state index >= 15 is 0 Å². The Morgan fingerprint density at radius 1 is 0.974 bits per heavy atom. The second-order valence-corrected chi connectivity index (χ2v) is 10.2. The Hall–Kier alpha value is -3.46. The zero-order valence-corrected chi connectivity index (χ0v) is 21.8. The van der Waals surface area contributed by atoms with E-state index in [0.29, 0.717) is 25.4 Å². The molecule has 1 aliphatic heterocycles. The normalized spacial score (nSPS) is 16.9. The minimum atomic E-state index is -5.08. The number of hydrogen-bond acceptors (Lipinski definition) is 4. The molecule has 9 heteroatoms. The van der Waals surface area contributed by atoms with E-state index in [2.05, 4.69) is 24.3 Å². The quantitative estimate of drug-likeness (QED) is 0.409. The standard InChI is InChI=1S/C28H34N2O2.C2HF3O2/c29-28(23-10-4-5-11-23)26(31)18-22(15-14-21-8-2-1-3-9-21)16-17-27(32)30-19-24-12-6-7-13-25(24)20-30;3-2(4,5)1(6)7/h1-3,6-9,12-13,16-17,22-23,28H,4-5,10-11,14-15,18-20,29H2;(H,6,7)/b17-16+;/t22-,28-;/m0./s1. The van der Waals surface area contributed by atoms with Crippen molar-refractivity contribution in [2.24, 2.45) is 17.6 Å². The van der Waals surface area contributed by atoms with Crippen LogP contribution in [0, 0.1) is 11.8 Å². The highest BCUT2D eigenvalue weighted by atomic mass is 19.4. The van der Waals surface area contributed by atoms with Crippen LogP contribution in [0.4, 0.5) is 13.2 Å². The summed E-state index contributed by atoms with van der Waals surface area (Å²) in [6.45, 7) is 1.30. The van der Waals surface area contributed by atoms with Crippen molar-refractivity contribution in [3.05, 3.63) is 83.4 Å². The number of carbonyl (C=O) groups excluding carboxylic acids is 2. The molecule has 1 aliphatic carbocycles. The van der Waals surface area contributed by atoms with Crippen LogP contribution in [0.1, 0.15) is 55.2 Å². The first-order valence-electron chi connectivity index (χ1n) is 13.2. The number of hydrogen-bond donors (Lipinski definition) is 2. The van der Waals surface area contributed by atoms with E-state index in [1.54, 1.807) is 6.08 Å². The Labute approximate surface area is 226 Å². The van der Waals surface area contributed by atoms with Gasteiger partial charge in [-0.1, -0.05) is 73.5 Å². The van der Waals surface area contributed by atoms with Crippen LogP contribution < -0.4 is 5.73 Å². The van der Waals surface area contributed by atoms with Gasteiger partial charge in [0.25, 0.3) is 0 Å². The van der Waals surface area contributed by atoms with Crippen LogP contribution in [-0.2, 0) is 33.9 Å². The number of aryl methyl sites for hydroxylation is 1. The first-order chi connectivity index (χ1) is 18.5. The number of carboxylic acids is 1. The molecule has 4 rings (SSSR count). The van der Waals surface area contributed by atoms with Crippen LogP contribution in [0.3, 0.4) is 0 Å². The molecular formula is C30H35F3N2O4. The zero-order valence-electron chi connectivity index (χ0n) is 21.8. The van der Waals surface area contributed by atoms with Crippen molar-refractivity contribution in [1.82, 2.24) is 4.90 Å². The molecule has 1 fully saturated rings. The fourth-order valence-corrected chi connectivity index (χ4v) is 5.05. The highest BCUT2D eigenvalue weighted by Gasteiger charge is 2.38. The molecule has 0 aromatic heterocycles. The molecule has 3 N–H and O–H groups in total. The van der Waals surface area contributed by atoms with Gasteiger partial charge in [-0.25, -0.2) is 4.79 Å². The molecule has 2 aromatic carbocycles. The van der Waals surface area contributed by atoms with E-state index in [0.717, 1.165) is 25.7 Å². The summed E-state index contributed by atoms with van der Waals surface area (Å²) < 4.78 is 31.7. The van der Waals surface area contributed by atoms with Gasteiger partial charge in [0, 0.05) is 19.5 Å². The number of benzene rings is 2. The van der Waals surface area contributed by atoms with Crippen molar-refractivity contribution in [2.75, 3.05) is 0 Å². The second-order valence-electron chi connectivity index (χ2n) is 10.2. The van der Waals surface area contributed by atoms with Gasteiger partial charge in [-0.3, -0.25) is 9.59 Å². The number of rotatable bonds is 9. The Morgan fingerprint density at radius 3 is 2.05 bits per heavy atom. The monoisotopic (exact) mass is 544 g/mol. The summed E-state index contributed by atoms with van der Waals surface area (Å²) in [7, 11) is 0. The van der Waals surface area contributed by atoms with Crippen LogP contribution in [0.25, 0.3) is 0 Å². The fourth-order valence-electron chi connectivity index (χ4n) is 5.05. The van der Waals surface area contributed by atoms with Gasteiger partial charge in [0.15, 0.2) is 0 Å². The number of allylic oxidation sites excluding steroid dienone is 1. The van der Waals surface area contributed by atoms with Crippen molar-refractivity contribution in [3.8, 4) is 0 Å². The fraction of sp³-hybridized carbons (Fsp3) is 0.433. The number of carbonyl (C=O) groups is 3. The van der Waals surface area contributed by atoms with Gasteiger partial charge in [-0.15, -0.1) is 0 Å². The smallest absolute Gasteiger partial charge is 0.475 e. The summed E-state index contributed by atoms with van der Waals surface area (Å²) in [6.07, 6.45) is 5.14. The van der Waals surface area contributed by atoms with E-state index in [1.165, 1.54) is 29.5 Å². The molecule has 2 atom stereocenters. The van der Waals surface area contributed by atoms with Crippen LogP contribution in [0.15, 0.2) is 66.7 Å². The first-order valence-corrected chi connectivity index (χ1v) is 13.2. The molecule has 0 bridgehead atoms. The third kappa shape index (κ3) is 9.35. The number of halogens is 3. The molecule has 0 spiro atoms. The van der Waals surface area contributed by atoms with E-state index in [4.69, 9.17) is 15.6 Å². The van der Waals surface area contributed by atoms with Crippen molar-refractivity contribution in [2.45, 2.75) is 70.3 Å². The molecule has 210 valence electrons. The number of nitrogens with two attached hydrogens (primary N) is 1. The molecule has 1 heterocycles. The third-order valence-corrected chi connectivity index (χ3v) is 7.30. The van der Waals surface area contributed by atoms with Crippen LogP contribution in [0.5, 0.6) is 0 Å². The molecule has 0 radical (unpaired) electrons. The number of amides is 1. The van der Waals surface area contributed by atoms with Gasteiger partial charge in [0.2, 0.25) is 5.91 Å². The van der Waals surface area contributed by atoms with Gasteiger partial charge in [0.1, 0.15) is 5.78 Å².